The quantitative estimate of drug-likeness (QED) is 0.548. The molecule has 0 aliphatic rings. The van der Waals surface area contributed by atoms with Crippen molar-refractivity contribution in [2.45, 2.75) is 4.90 Å². The van der Waals surface area contributed by atoms with Crippen LogP contribution in [0.25, 0.3) is 0 Å². The lowest BCUT2D eigenvalue weighted by Crippen LogP contribution is -1.87. The highest BCUT2D eigenvalue weighted by atomic mass is 35.5. The van der Waals surface area contributed by atoms with Crippen LogP contribution in [0.15, 0.2) is 53.4 Å². The topological polar surface area (TPSA) is 9.23 Å². The molecule has 0 saturated carbocycles. The standard InChI is InChI=1S/C13H10Cl2OS/c14-9-17-13-8-4-3-7-12(13)16-11-6-2-1-5-10(11)15/h1-8H,9H2. The van der Waals surface area contributed by atoms with Crippen molar-refractivity contribution in [1.29, 1.82) is 0 Å². The van der Waals surface area contributed by atoms with Gasteiger partial charge in [-0.2, -0.15) is 0 Å². The number of benzene rings is 2. The Labute approximate surface area is 115 Å². The van der Waals surface area contributed by atoms with Gasteiger partial charge in [-0.25, -0.2) is 0 Å². The van der Waals surface area contributed by atoms with Gasteiger partial charge in [0, 0.05) is 0 Å². The van der Waals surface area contributed by atoms with Crippen molar-refractivity contribution in [3.8, 4) is 11.5 Å². The van der Waals surface area contributed by atoms with Crippen LogP contribution in [0.4, 0.5) is 0 Å². The smallest absolute Gasteiger partial charge is 0.146 e. The minimum absolute atomic E-state index is 0.489. The minimum Gasteiger partial charge on any atom is -0.455 e. The summed E-state index contributed by atoms with van der Waals surface area (Å²) in [7, 11) is 0. The van der Waals surface area contributed by atoms with Crippen LogP contribution in [0.3, 0.4) is 0 Å². The molecule has 0 fully saturated rings. The summed E-state index contributed by atoms with van der Waals surface area (Å²) in [6, 6.07) is 15.1. The normalized spacial score (nSPS) is 10.2. The molecular weight excluding hydrogens is 275 g/mol. The van der Waals surface area contributed by atoms with E-state index in [0.717, 1.165) is 10.6 Å². The van der Waals surface area contributed by atoms with Gasteiger partial charge in [0.1, 0.15) is 11.5 Å². The molecule has 0 heterocycles. The Bertz CT molecular complexity index is 502. The average molecular weight is 285 g/mol. The lowest BCUT2D eigenvalue weighted by atomic mass is 10.3. The zero-order chi connectivity index (χ0) is 12.1. The molecule has 4 heteroatoms. The number of hydrogen-bond donors (Lipinski definition) is 0. The number of alkyl halides is 1. The van der Waals surface area contributed by atoms with Crippen LogP contribution in [0.1, 0.15) is 0 Å². The molecule has 17 heavy (non-hydrogen) atoms. The van der Waals surface area contributed by atoms with E-state index in [4.69, 9.17) is 27.9 Å². The fraction of sp³-hybridized carbons (Fsp3) is 0.0769. The van der Waals surface area contributed by atoms with Crippen molar-refractivity contribution >= 4 is 35.0 Å². The molecule has 0 amide bonds. The van der Waals surface area contributed by atoms with E-state index in [0.29, 0.717) is 16.0 Å². The highest BCUT2D eigenvalue weighted by Gasteiger charge is 2.06. The fourth-order valence-corrected chi connectivity index (χ4v) is 2.43. The van der Waals surface area contributed by atoms with Gasteiger partial charge in [-0.1, -0.05) is 35.9 Å². The van der Waals surface area contributed by atoms with Crippen LogP contribution in [0, 0.1) is 0 Å². The third kappa shape index (κ3) is 3.32. The predicted molar refractivity (Wildman–Crippen MR) is 74.5 cm³/mol. The van der Waals surface area contributed by atoms with E-state index >= 15 is 0 Å². The zero-order valence-electron chi connectivity index (χ0n) is 8.90. The molecule has 0 radical (unpaired) electrons. The Morgan fingerprint density at radius 1 is 0.941 bits per heavy atom. The summed E-state index contributed by atoms with van der Waals surface area (Å²) in [6.45, 7) is 0. The monoisotopic (exact) mass is 284 g/mol. The molecule has 0 atom stereocenters. The largest absolute Gasteiger partial charge is 0.455 e. The first-order chi connectivity index (χ1) is 8.31. The summed E-state index contributed by atoms with van der Waals surface area (Å²) in [5.41, 5.74) is 0. The van der Waals surface area contributed by atoms with Crippen LogP contribution in [-0.4, -0.2) is 5.21 Å². The van der Waals surface area contributed by atoms with E-state index in [1.165, 1.54) is 11.8 Å². The Balaban J connectivity index is 2.27. The maximum Gasteiger partial charge on any atom is 0.146 e. The van der Waals surface area contributed by atoms with Crippen molar-refractivity contribution in [2.24, 2.45) is 0 Å². The van der Waals surface area contributed by atoms with E-state index in [1.54, 1.807) is 6.07 Å². The van der Waals surface area contributed by atoms with Gasteiger partial charge in [0.05, 0.1) is 15.1 Å². The molecule has 0 aromatic heterocycles. The second kappa shape index (κ2) is 6.20. The van der Waals surface area contributed by atoms with E-state index in [2.05, 4.69) is 0 Å². The summed E-state index contributed by atoms with van der Waals surface area (Å²) in [4.78, 5) is 1.00. The molecule has 2 rings (SSSR count). The zero-order valence-corrected chi connectivity index (χ0v) is 11.2. The molecule has 0 aliphatic heterocycles. The Hall–Kier alpha value is -0.830. The predicted octanol–water partition coefficient (Wildman–Crippen LogP) is 5.42. The molecule has 1 nitrogen and oxygen atoms in total. The van der Waals surface area contributed by atoms with Crippen LogP contribution in [0.2, 0.25) is 5.02 Å². The molecule has 88 valence electrons. The SMILES string of the molecule is ClCSc1ccccc1Oc1ccccc1Cl. The van der Waals surface area contributed by atoms with Crippen LogP contribution < -0.4 is 4.74 Å². The summed E-state index contributed by atoms with van der Waals surface area (Å²) < 4.78 is 5.78. The van der Waals surface area contributed by atoms with Gasteiger partial charge in [-0.15, -0.1) is 23.4 Å². The minimum atomic E-state index is 0.489. The summed E-state index contributed by atoms with van der Waals surface area (Å²) >= 11 is 13.3. The second-order valence-corrected chi connectivity index (χ2v) is 5.24. The Morgan fingerprint density at radius 3 is 2.29 bits per heavy atom. The average Bonchev–Trinajstić information content (AvgIpc) is 2.35. The molecule has 0 aliphatic carbocycles. The van der Waals surface area contributed by atoms with Gasteiger partial charge in [0.15, 0.2) is 0 Å². The number of halogens is 2. The Kier molecular flexibility index (Phi) is 4.60. The van der Waals surface area contributed by atoms with Gasteiger partial charge >= 0.3 is 0 Å². The lowest BCUT2D eigenvalue weighted by Gasteiger charge is -2.10. The van der Waals surface area contributed by atoms with Crippen molar-refractivity contribution in [1.82, 2.24) is 0 Å². The highest BCUT2D eigenvalue weighted by molar-refractivity contribution is 8.00. The Morgan fingerprint density at radius 2 is 1.59 bits per heavy atom. The molecule has 0 bridgehead atoms. The first kappa shape index (κ1) is 12.6. The van der Waals surface area contributed by atoms with Gasteiger partial charge in [-0.3, -0.25) is 0 Å². The molecule has 0 N–H and O–H groups in total. The van der Waals surface area contributed by atoms with Gasteiger partial charge in [-0.05, 0) is 24.3 Å². The van der Waals surface area contributed by atoms with Crippen molar-refractivity contribution in [3.63, 3.8) is 0 Å². The molecule has 0 unspecified atom stereocenters. The van der Waals surface area contributed by atoms with Gasteiger partial charge in [0.2, 0.25) is 0 Å². The highest BCUT2D eigenvalue weighted by Crippen LogP contribution is 2.35. The van der Waals surface area contributed by atoms with E-state index in [1.807, 2.05) is 42.5 Å². The summed E-state index contributed by atoms with van der Waals surface area (Å²) in [6.07, 6.45) is 0. The molecule has 0 spiro atoms. The van der Waals surface area contributed by atoms with Crippen molar-refractivity contribution in [3.05, 3.63) is 53.6 Å². The third-order valence-corrected chi connectivity index (χ3v) is 3.51. The fourth-order valence-electron chi connectivity index (χ4n) is 1.36. The molecule has 2 aromatic carbocycles. The number of rotatable bonds is 4. The maximum absolute atomic E-state index is 6.05. The molecule has 2 aromatic rings. The van der Waals surface area contributed by atoms with Gasteiger partial charge < -0.3 is 4.74 Å². The molecule has 0 saturated heterocycles. The van der Waals surface area contributed by atoms with E-state index in [-0.39, 0.29) is 0 Å². The summed E-state index contributed by atoms with van der Waals surface area (Å²) in [5.74, 6) is 1.42. The molecular formula is C13H10Cl2OS. The van der Waals surface area contributed by atoms with Crippen LogP contribution in [-0.2, 0) is 0 Å². The lowest BCUT2D eigenvalue weighted by molar-refractivity contribution is 0.471. The maximum atomic E-state index is 6.05. The third-order valence-electron chi connectivity index (χ3n) is 2.12. The number of thioether (sulfide) groups is 1. The first-order valence-electron chi connectivity index (χ1n) is 5.01. The van der Waals surface area contributed by atoms with Crippen molar-refractivity contribution < 1.29 is 4.74 Å². The number of ether oxygens (including phenoxy) is 1. The number of para-hydroxylation sites is 2. The first-order valence-corrected chi connectivity index (χ1v) is 6.91. The van der Waals surface area contributed by atoms with Crippen LogP contribution in [0.5, 0.6) is 11.5 Å². The van der Waals surface area contributed by atoms with E-state index in [9.17, 15) is 0 Å². The number of hydrogen-bond acceptors (Lipinski definition) is 2. The summed E-state index contributed by atoms with van der Waals surface area (Å²) in [5, 5.41) is 1.08. The second-order valence-electron chi connectivity index (χ2n) is 3.23. The van der Waals surface area contributed by atoms with Crippen molar-refractivity contribution in [2.75, 3.05) is 5.21 Å². The van der Waals surface area contributed by atoms with Gasteiger partial charge in [0.25, 0.3) is 0 Å². The van der Waals surface area contributed by atoms with E-state index < -0.39 is 0 Å². The van der Waals surface area contributed by atoms with Crippen LogP contribution >= 0.6 is 35.0 Å².